The number of nitrogens with one attached hydrogen (secondary N) is 1. The first-order valence-corrected chi connectivity index (χ1v) is 6.46. The van der Waals surface area contributed by atoms with Crippen molar-refractivity contribution in [2.75, 3.05) is 6.54 Å². The summed E-state index contributed by atoms with van der Waals surface area (Å²) in [5.74, 6) is 0. The van der Waals surface area contributed by atoms with Gasteiger partial charge in [-0.25, -0.2) is 4.98 Å². The standard InChI is InChI=1S/C13H16BrN3/c1-11-2-3-12(13(14)8-11)9-15-4-6-17-7-5-16-10-17/h2-3,5,7-8,10,15H,4,6,9H2,1H3. The number of aromatic nitrogens is 2. The van der Waals surface area contributed by atoms with Crippen molar-refractivity contribution in [3.8, 4) is 0 Å². The van der Waals surface area contributed by atoms with Gasteiger partial charge in [-0.2, -0.15) is 0 Å². The Balaban J connectivity index is 1.78. The number of imidazole rings is 1. The van der Waals surface area contributed by atoms with E-state index < -0.39 is 0 Å². The van der Waals surface area contributed by atoms with Gasteiger partial charge < -0.3 is 9.88 Å². The van der Waals surface area contributed by atoms with Gasteiger partial charge in [-0.05, 0) is 24.1 Å². The third-order valence-corrected chi connectivity index (χ3v) is 3.37. The molecule has 0 saturated carbocycles. The quantitative estimate of drug-likeness (QED) is 0.859. The molecule has 2 aromatic rings. The highest BCUT2D eigenvalue weighted by Crippen LogP contribution is 2.17. The smallest absolute Gasteiger partial charge is 0.0946 e. The lowest BCUT2D eigenvalue weighted by Gasteiger charge is -2.08. The molecule has 0 bridgehead atoms. The number of rotatable bonds is 5. The molecule has 0 unspecified atom stereocenters. The molecule has 1 heterocycles. The lowest BCUT2D eigenvalue weighted by Crippen LogP contribution is -2.19. The predicted molar refractivity (Wildman–Crippen MR) is 72.8 cm³/mol. The van der Waals surface area contributed by atoms with Crippen LogP contribution in [0, 0.1) is 6.92 Å². The number of nitrogens with zero attached hydrogens (tertiary/aromatic N) is 2. The molecular weight excluding hydrogens is 278 g/mol. The molecule has 0 spiro atoms. The summed E-state index contributed by atoms with van der Waals surface area (Å²) < 4.78 is 3.24. The van der Waals surface area contributed by atoms with Crippen molar-refractivity contribution in [3.05, 3.63) is 52.5 Å². The molecule has 1 aromatic heterocycles. The normalized spacial score (nSPS) is 10.7. The SMILES string of the molecule is Cc1ccc(CNCCn2ccnc2)c(Br)c1. The summed E-state index contributed by atoms with van der Waals surface area (Å²) in [6.45, 7) is 4.87. The predicted octanol–water partition coefficient (Wildman–Crippen LogP) is 2.74. The molecule has 0 amide bonds. The van der Waals surface area contributed by atoms with Crippen LogP contribution in [0.3, 0.4) is 0 Å². The van der Waals surface area contributed by atoms with Gasteiger partial charge in [0.25, 0.3) is 0 Å². The van der Waals surface area contributed by atoms with Crippen molar-refractivity contribution in [1.29, 1.82) is 0 Å². The second kappa shape index (κ2) is 5.98. The van der Waals surface area contributed by atoms with Crippen LogP contribution in [0.25, 0.3) is 0 Å². The summed E-state index contributed by atoms with van der Waals surface area (Å²) in [5.41, 5.74) is 2.57. The van der Waals surface area contributed by atoms with Crippen LogP contribution < -0.4 is 5.32 Å². The van der Waals surface area contributed by atoms with E-state index in [1.807, 2.05) is 12.5 Å². The fourth-order valence-electron chi connectivity index (χ4n) is 1.65. The van der Waals surface area contributed by atoms with Crippen molar-refractivity contribution < 1.29 is 0 Å². The van der Waals surface area contributed by atoms with E-state index in [1.54, 1.807) is 6.20 Å². The van der Waals surface area contributed by atoms with Crippen LogP contribution >= 0.6 is 15.9 Å². The van der Waals surface area contributed by atoms with Gasteiger partial charge in [0, 0.05) is 36.5 Å². The summed E-state index contributed by atoms with van der Waals surface area (Å²) in [7, 11) is 0. The molecule has 0 radical (unpaired) electrons. The Labute approximate surface area is 110 Å². The summed E-state index contributed by atoms with van der Waals surface area (Å²) in [6, 6.07) is 6.44. The van der Waals surface area contributed by atoms with Crippen LogP contribution in [-0.4, -0.2) is 16.1 Å². The number of benzene rings is 1. The molecular formula is C13H16BrN3. The van der Waals surface area contributed by atoms with Crippen LogP contribution in [0.2, 0.25) is 0 Å². The van der Waals surface area contributed by atoms with Crippen molar-refractivity contribution in [2.45, 2.75) is 20.0 Å². The molecule has 1 aromatic carbocycles. The fourth-order valence-corrected chi connectivity index (χ4v) is 2.28. The minimum absolute atomic E-state index is 0.884. The average molecular weight is 294 g/mol. The van der Waals surface area contributed by atoms with Crippen LogP contribution in [0.5, 0.6) is 0 Å². The number of aryl methyl sites for hydroxylation is 1. The molecule has 17 heavy (non-hydrogen) atoms. The van der Waals surface area contributed by atoms with E-state index in [0.717, 1.165) is 19.6 Å². The summed E-state index contributed by atoms with van der Waals surface area (Å²) in [4.78, 5) is 4.01. The minimum Gasteiger partial charge on any atom is -0.336 e. The van der Waals surface area contributed by atoms with Gasteiger partial charge in [0.1, 0.15) is 0 Å². The first-order chi connectivity index (χ1) is 8.25. The average Bonchev–Trinajstić information content (AvgIpc) is 2.79. The maximum atomic E-state index is 4.01. The second-order valence-electron chi connectivity index (χ2n) is 4.07. The molecule has 0 aliphatic heterocycles. The van der Waals surface area contributed by atoms with Gasteiger partial charge in [-0.15, -0.1) is 0 Å². The van der Waals surface area contributed by atoms with Crippen LogP contribution in [0.15, 0.2) is 41.4 Å². The Bertz CT molecular complexity index is 466. The molecule has 90 valence electrons. The largest absolute Gasteiger partial charge is 0.336 e. The summed E-state index contributed by atoms with van der Waals surface area (Å²) in [5, 5.41) is 3.42. The van der Waals surface area contributed by atoms with Gasteiger partial charge in [0.05, 0.1) is 6.33 Å². The Morgan fingerprint density at radius 3 is 3.00 bits per heavy atom. The van der Waals surface area contributed by atoms with E-state index >= 15 is 0 Å². The van der Waals surface area contributed by atoms with E-state index in [-0.39, 0.29) is 0 Å². The van der Waals surface area contributed by atoms with Crippen LogP contribution in [-0.2, 0) is 13.1 Å². The minimum atomic E-state index is 0.884. The number of halogens is 1. The molecule has 0 fully saturated rings. The molecule has 4 heteroatoms. The van der Waals surface area contributed by atoms with Gasteiger partial charge in [-0.1, -0.05) is 28.1 Å². The zero-order valence-corrected chi connectivity index (χ0v) is 11.4. The molecule has 2 rings (SSSR count). The highest BCUT2D eigenvalue weighted by atomic mass is 79.9. The summed E-state index contributed by atoms with van der Waals surface area (Å²) >= 11 is 3.58. The van der Waals surface area contributed by atoms with Gasteiger partial charge in [0.15, 0.2) is 0 Å². The zero-order chi connectivity index (χ0) is 12.1. The van der Waals surface area contributed by atoms with Gasteiger partial charge in [0.2, 0.25) is 0 Å². The highest BCUT2D eigenvalue weighted by molar-refractivity contribution is 9.10. The summed E-state index contributed by atoms with van der Waals surface area (Å²) in [6.07, 6.45) is 5.61. The molecule has 1 N–H and O–H groups in total. The first kappa shape index (κ1) is 12.3. The lowest BCUT2D eigenvalue weighted by molar-refractivity contribution is 0.596. The van der Waals surface area contributed by atoms with Crippen molar-refractivity contribution >= 4 is 15.9 Å². The Morgan fingerprint density at radius 2 is 2.29 bits per heavy atom. The highest BCUT2D eigenvalue weighted by Gasteiger charge is 1.99. The van der Waals surface area contributed by atoms with Crippen LogP contribution in [0.4, 0.5) is 0 Å². The topological polar surface area (TPSA) is 29.9 Å². The molecule has 0 aliphatic rings. The molecule has 3 nitrogen and oxygen atoms in total. The molecule has 0 aliphatic carbocycles. The van der Waals surface area contributed by atoms with Crippen molar-refractivity contribution in [2.24, 2.45) is 0 Å². The van der Waals surface area contributed by atoms with E-state index in [4.69, 9.17) is 0 Å². The Morgan fingerprint density at radius 1 is 1.41 bits per heavy atom. The van der Waals surface area contributed by atoms with E-state index in [2.05, 4.69) is 55.9 Å². The van der Waals surface area contributed by atoms with Gasteiger partial charge >= 0.3 is 0 Å². The molecule has 0 saturated heterocycles. The van der Waals surface area contributed by atoms with E-state index in [9.17, 15) is 0 Å². The maximum absolute atomic E-state index is 4.01. The fraction of sp³-hybridized carbons (Fsp3) is 0.308. The lowest BCUT2D eigenvalue weighted by atomic mass is 10.1. The first-order valence-electron chi connectivity index (χ1n) is 5.67. The third kappa shape index (κ3) is 3.68. The maximum Gasteiger partial charge on any atom is 0.0946 e. The third-order valence-electron chi connectivity index (χ3n) is 2.63. The Kier molecular flexibility index (Phi) is 4.34. The molecule has 0 atom stereocenters. The zero-order valence-electron chi connectivity index (χ0n) is 9.86. The number of hydrogen-bond acceptors (Lipinski definition) is 2. The van der Waals surface area contributed by atoms with E-state index in [0.29, 0.717) is 0 Å². The van der Waals surface area contributed by atoms with E-state index in [1.165, 1.54) is 15.6 Å². The second-order valence-corrected chi connectivity index (χ2v) is 4.93. The monoisotopic (exact) mass is 293 g/mol. The van der Waals surface area contributed by atoms with Crippen molar-refractivity contribution in [3.63, 3.8) is 0 Å². The number of hydrogen-bond donors (Lipinski definition) is 1. The Hall–Kier alpha value is -1.13. The van der Waals surface area contributed by atoms with Crippen molar-refractivity contribution in [1.82, 2.24) is 14.9 Å². The van der Waals surface area contributed by atoms with Gasteiger partial charge in [-0.3, -0.25) is 0 Å². The van der Waals surface area contributed by atoms with Crippen LogP contribution in [0.1, 0.15) is 11.1 Å².